The van der Waals surface area contributed by atoms with E-state index in [1.807, 2.05) is 24.3 Å². The van der Waals surface area contributed by atoms with Gasteiger partial charge in [-0.2, -0.15) is 0 Å². The van der Waals surface area contributed by atoms with Gasteiger partial charge in [-0.05, 0) is 55.0 Å². The van der Waals surface area contributed by atoms with E-state index in [0.717, 1.165) is 17.4 Å². The van der Waals surface area contributed by atoms with Crippen LogP contribution in [0.4, 0.5) is 0 Å². The molecule has 0 aliphatic heterocycles. The summed E-state index contributed by atoms with van der Waals surface area (Å²) >= 11 is 6.15. The van der Waals surface area contributed by atoms with Crippen molar-refractivity contribution < 1.29 is 14.6 Å². The summed E-state index contributed by atoms with van der Waals surface area (Å²) in [6, 6.07) is 20.8. The number of halogens is 1. The second-order valence-electron chi connectivity index (χ2n) is 6.70. The summed E-state index contributed by atoms with van der Waals surface area (Å²) in [6.07, 6.45) is 2.06. The van der Waals surface area contributed by atoms with Crippen LogP contribution in [0.1, 0.15) is 21.5 Å². The summed E-state index contributed by atoms with van der Waals surface area (Å²) < 4.78 is 8.05. The van der Waals surface area contributed by atoms with Crippen LogP contribution in [0.5, 0.6) is 11.5 Å². The maximum Gasteiger partial charge on any atom is 0.335 e. The molecule has 0 atom stereocenters. The third-order valence-electron chi connectivity index (χ3n) is 4.62. The summed E-state index contributed by atoms with van der Waals surface area (Å²) in [4.78, 5) is 11.0. The Bertz CT molecular complexity index is 1160. The molecule has 0 radical (unpaired) electrons. The molecular formula is C23H18ClNO3. The normalized spacial score (nSPS) is 10.9. The van der Waals surface area contributed by atoms with E-state index in [1.165, 1.54) is 23.3 Å². The number of aromatic carboxylic acids is 1. The molecule has 0 aliphatic carbocycles. The first-order chi connectivity index (χ1) is 13.5. The van der Waals surface area contributed by atoms with Gasteiger partial charge >= 0.3 is 5.97 Å². The SMILES string of the molecule is Cc1ccc(Cn2ccc3cc(Oc4ccc(C(=O)O)cc4Cl)ccc32)cc1. The molecule has 1 aromatic heterocycles. The Morgan fingerprint density at radius 1 is 1.04 bits per heavy atom. The lowest BCUT2D eigenvalue weighted by atomic mass is 10.1. The number of hydrogen-bond acceptors (Lipinski definition) is 2. The van der Waals surface area contributed by atoms with Gasteiger partial charge in [0, 0.05) is 23.6 Å². The molecule has 4 aromatic rings. The first kappa shape index (κ1) is 18.1. The molecule has 0 amide bonds. The van der Waals surface area contributed by atoms with Crippen molar-refractivity contribution in [1.82, 2.24) is 4.57 Å². The Morgan fingerprint density at radius 2 is 1.82 bits per heavy atom. The Hall–Kier alpha value is -3.24. The van der Waals surface area contributed by atoms with Gasteiger partial charge in [0.25, 0.3) is 0 Å². The van der Waals surface area contributed by atoms with Crippen LogP contribution < -0.4 is 4.74 Å². The summed E-state index contributed by atoms with van der Waals surface area (Å²) in [5, 5.41) is 10.3. The average molecular weight is 392 g/mol. The van der Waals surface area contributed by atoms with E-state index in [9.17, 15) is 4.79 Å². The molecular weight excluding hydrogens is 374 g/mol. The van der Waals surface area contributed by atoms with Crippen LogP contribution in [-0.2, 0) is 6.54 Å². The average Bonchev–Trinajstić information content (AvgIpc) is 3.07. The van der Waals surface area contributed by atoms with Gasteiger partial charge in [0.15, 0.2) is 0 Å². The molecule has 0 aliphatic rings. The van der Waals surface area contributed by atoms with Crippen LogP contribution in [0, 0.1) is 6.92 Å². The highest BCUT2D eigenvalue weighted by Gasteiger charge is 2.10. The van der Waals surface area contributed by atoms with Gasteiger partial charge < -0.3 is 14.4 Å². The minimum absolute atomic E-state index is 0.126. The fourth-order valence-corrected chi connectivity index (χ4v) is 3.33. The van der Waals surface area contributed by atoms with E-state index in [2.05, 4.69) is 42.0 Å². The van der Waals surface area contributed by atoms with Gasteiger partial charge in [-0.15, -0.1) is 0 Å². The van der Waals surface area contributed by atoms with Crippen molar-refractivity contribution in [1.29, 1.82) is 0 Å². The highest BCUT2D eigenvalue weighted by Crippen LogP contribution is 2.32. The summed E-state index contributed by atoms with van der Waals surface area (Å²) in [7, 11) is 0. The predicted octanol–water partition coefficient (Wildman–Crippen LogP) is 6.14. The number of aromatic nitrogens is 1. The van der Waals surface area contributed by atoms with E-state index < -0.39 is 5.97 Å². The number of carboxylic acid groups (broad SMARTS) is 1. The van der Waals surface area contributed by atoms with E-state index in [1.54, 1.807) is 6.07 Å². The third kappa shape index (κ3) is 3.73. The quantitative estimate of drug-likeness (QED) is 0.444. The van der Waals surface area contributed by atoms with Gasteiger partial charge in [-0.3, -0.25) is 0 Å². The van der Waals surface area contributed by atoms with Gasteiger partial charge in [0.1, 0.15) is 11.5 Å². The summed E-state index contributed by atoms with van der Waals surface area (Å²) in [5.74, 6) is 0.0421. The summed E-state index contributed by atoms with van der Waals surface area (Å²) in [5.41, 5.74) is 3.73. The number of fused-ring (bicyclic) bond motifs is 1. The van der Waals surface area contributed by atoms with Gasteiger partial charge in [0.05, 0.1) is 10.6 Å². The fourth-order valence-electron chi connectivity index (χ4n) is 3.11. The van der Waals surface area contributed by atoms with Crippen molar-refractivity contribution in [2.45, 2.75) is 13.5 Å². The van der Waals surface area contributed by atoms with E-state index >= 15 is 0 Å². The van der Waals surface area contributed by atoms with Gasteiger partial charge in [0.2, 0.25) is 0 Å². The summed E-state index contributed by atoms with van der Waals surface area (Å²) in [6.45, 7) is 2.88. The lowest BCUT2D eigenvalue weighted by molar-refractivity contribution is 0.0697. The second-order valence-corrected chi connectivity index (χ2v) is 7.11. The highest BCUT2D eigenvalue weighted by atomic mass is 35.5. The van der Waals surface area contributed by atoms with Crippen LogP contribution in [0.25, 0.3) is 10.9 Å². The molecule has 5 heteroatoms. The lowest BCUT2D eigenvalue weighted by Crippen LogP contribution is -1.98. The molecule has 140 valence electrons. The maximum atomic E-state index is 11.0. The number of carbonyl (C=O) groups is 1. The van der Waals surface area contributed by atoms with Crippen LogP contribution in [0.2, 0.25) is 5.02 Å². The predicted molar refractivity (Wildman–Crippen MR) is 111 cm³/mol. The number of ether oxygens (including phenoxy) is 1. The second kappa shape index (κ2) is 7.41. The van der Waals surface area contributed by atoms with Crippen LogP contribution in [0.3, 0.4) is 0 Å². The zero-order chi connectivity index (χ0) is 19.7. The largest absolute Gasteiger partial charge is 0.478 e. The van der Waals surface area contributed by atoms with Gasteiger partial charge in [-0.25, -0.2) is 4.79 Å². The van der Waals surface area contributed by atoms with Crippen LogP contribution in [0.15, 0.2) is 72.9 Å². The van der Waals surface area contributed by atoms with Crippen molar-refractivity contribution in [2.24, 2.45) is 0 Å². The third-order valence-corrected chi connectivity index (χ3v) is 4.92. The molecule has 1 heterocycles. The molecule has 0 spiro atoms. The van der Waals surface area contributed by atoms with E-state index in [0.29, 0.717) is 11.5 Å². The monoisotopic (exact) mass is 391 g/mol. The molecule has 0 unspecified atom stereocenters. The first-order valence-electron chi connectivity index (χ1n) is 8.85. The Kier molecular flexibility index (Phi) is 4.80. The number of benzene rings is 3. The Morgan fingerprint density at radius 3 is 2.54 bits per heavy atom. The molecule has 4 rings (SSSR count). The number of nitrogens with zero attached hydrogens (tertiary/aromatic N) is 1. The topological polar surface area (TPSA) is 51.5 Å². The number of carboxylic acids is 1. The molecule has 3 aromatic carbocycles. The van der Waals surface area contributed by atoms with E-state index in [-0.39, 0.29) is 10.6 Å². The van der Waals surface area contributed by atoms with Crippen LogP contribution in [-0.4, -0.2) is 15.6 Å². The Balaban J connectivity index is 1.57. The lowest BCUT2D eigenvalue weighted by Gasteiger charge is -2.10. The standard InChI is InChI=1S/C23H18ClNO3/c1-15-2-4-16(5-3-15)14-25-11-10-17-12-19(7-8-21(17)25)28-22-9-6-18(23(26)27)13-20(22)24/h2-13H,14H2,1H3,(H,26,27). The minimum Gasteiger partial charge on any atom is -0.478 e. The molecule has 4 nitrogen and oxygen atoms in total. The molecule has 28 heavy (non-hydrogen) atoms. The van der Waals surface area contributed by atoms with Crippen molar-refractivity contribution in [3.63, 3.8) is 0 Å². The zero-order valence-corrected chi connectivity index (χ0v) is 16.0. The smallest absolute Gasteiger partial charge is 0.335 e. The Labute approximate surface area is 167 Å². The molecule has 0 saturated heterocycles. The van der Waals surface area contributed by atoms with E-state index in [4.69, 9.17) is 21.4 Å². The minimum atomic E-state index is -1.02. The number of rotatable bonds is 5. The molecule has 0 bridgehead atoms. The van der Waals surface area contributed by atoms with Crippen LogP contribution >= 0.6 is 11.6 Å². The molecule has 0 saturated carbocycles. The number of aryl methyl sites for hydroxylation is 1. The van der Waals surface area contributed by atoms with Crippen molar-refractivity contribution in [3.8, 4) is 11.5 Å². The maximum absolute atomic E-state index is 11.0. The molecule has 0 fully saturated rings. The molecule has 1 N–H and O–H groups in total. The first-order valence-corrected chi connectivity index (χ1v) is 9.22. The van der Waals surface area contributed by atoms with Crippen molar-refractivity contribution in [3.05, 3.63) is 94.6 Å². The number of hydrogen-bond donors (Lipinski definition) is 1. The van der Waals surface area contributed by atoms with Gasteiger partial charge in [-0.1, -0.05) is 41.4 Å². The highest BCUT2D eigenvalue weighted by molar-refractivity contribution is 6.32. The van der Waals surface area contributed by atoms with Crippen molar-refractivity contribution >= 4 is 28.5 Å². The fraction of sp³-hybridized carbons (Fsp3) is 0.0870. The van der Waals surface area contributed by atoms with Crippen molar-refractivity contribution in [2.75, 3.05) is 0 Å². The zero-order valence-electron chi connectivity index (χ0n) is 15.2.